The third-order valence-electron chi connectivity index (χ3n) is 3.88. The molecule has 134 valence electrons. The molecule has 3 rings (SSSR count). The molecule has 2 aromatic carbocycles. The number of benzene rings is 2. The zero-order valence-electron chi connectivity index (χ0n) is 13.6. The summed E-state index contributed by atoms with van der Waals surface area (Å²) < 4.78 is 59.1. The Hall–Kier alpha value is -3.16. The van der Waals surface area contributed by atoms with Gasteiger partial charge >= 0.3 is 0 Å². The molecule has 0 saturated heterocycles. The topological polar surface area (TPSA) is 46.6 Å². The summed E-state index contributed by atoms with van der Waals surface area (Å²) in [6, 6.07) is 4.62. The molecule has 0 N–H and O–H groups in total. The van der Waals surface area contributed by atoms with Gasteiger partial charge in [0.05, 0.1) is 18.4 Å². The maximum atomic E-state index is 13.6. The van der Waals surface area contributed by atoms with Gasteiger partial charge in [0.1, 0.15) is 11.6 Å². The van der Waals surface area contributed by atoms with Gasteiger partial charge in [-0.05, 0) is 30.3 Å². The van der Waals surface area contributed by atoms with Gasteiger partial charge < -0.3 is 4.74 Å². The van der Waals surface area contributed by atoms with E-state index in [4.69, 9.17) is 4.74 Å². The largest absolute Gasteiger partial charge is 0.495 e. The SMILES string of the molecule is COC(=C1C(=O)N(C(C)=O)c2cc(F)ccc21)c1cc(F)c(F)c(F)c1. The number of rotatable bonds is 2. The highest BCUT2D eigenvalue weighted by Crippen LogP contribution is 2.41. The van der Waals surface area contributed by atoms with Gasteiger partial charge in [0.25, 0.3) is 5.91 Å². The van der Waals surface area contributed by atoms with Crippen molar-refractivity contribution in [2.75, 3.05) is 12.0 Å². The molecule has 0 aliphatic carbocycles. The Labute approximate surface area is 145 Å². The fourth-order valence-electron chi connectivity index (χ4n) is 2.82. The van der Waals surface area contributed by atoms with Crippen LogP contribution in [-0.2, 0) is 14.3 Å². The van der Waals surface area contributed by atoms with Crippen molar-refractivity contribution >= 4 is 28.8 Å². The monoisotopic (exact) mass is 365 g/mol. The van der Waals surface area contributed by atoms with Crippen LogP contribution in [-0.4, -0.2) is 18.9 Å². The third-order valence-corrected chi connectivity index (χ3v) is 3.88. The molecule has 1 aliphatic heterocycles. The lowest BCUT2D eigenvalue weighted by Crippen LogP contribution is -2.31. The Kier molecular flexibility index (Phi) is 4.27. The van der Waals surface area contributed by atoms with Crippen molar-refractivity contribution < 1.29 is 31.9 Å². The zero-order chi connectivity index (χ0) is 19.2. The summed E-state index contributed by atoms with van der Waals surface area (Å²) in [6.45, 7) is 1.11. The van der Waals surface area contributed by atoms with Crippen LogP contribution in [0.15, 0.2) is 30.3 Å². The van der Waals surface area contributed by atoms with Gasteiger partial charge in [0.2, 0.25) is 5.91 Å². The van der Waals surface area contributed by atoms with Crippen molar-refractivity contribution in [2.45, 2.75) is 6.92 Å². The molecule has 0 atom stereocenters. The van der Waals surface area contributed by atoms with E-state index >= 15 is 0 Å². The Morgan fingerprint density at radius 3 is 2.19 bits per heavy atom. The molecule has 0 spiro atoms. The number of nitrogens with zero attached hydrogens (tertiary/aromatic N) is 1. The molecule has 0 fully saturated rings. The lowest BCUT2D eigenvalue weighted by molar-refractivity contribution is -0.122. The van der Waals surface area contributed by atoms with Crippen LogP contribution in [0.25, 0.3) is 11.3 Å². The molecular weight excluding hydrogens is 354 g/mol. The molecule has 1 heterocycles. The summed E-state index contributed by atoms with van der Waals surface area (Å²) in [5.74, 6) is -7.08. The minimum Gasteiger partial charge on any atom is -0.495 e. The van der Waals surface area contributed by atoms with Gasteiger partial charge in [-0.1, -0.05) is 0 Å². The predicted octanol–water partition coefficient (Wildman–Crippen LogP) is 3.65. The van der Waals surface area contributed by atoms with Crippen LogP contribution in [0.5, 0.6) is 0 Å². The number of anilines is 1. The average molecular weight is 365 g/mol. The van der Waals surface area contributed by atoms with Gasteiger partial charge in [0, 0.05) is 18.1 Å². The Morgan fingerprint density at radius 2 is 1.65 bits per heavy atom. The average Bonchev–Trinajstić information content (AvgIpc) is 2.85. The summed E-state index contributed by atoms with van der Waals surface area (Å²) in [5, 5.41) is 0. The highest BCUT2D eigenvalue weighted by molar-refractivity contribution is 6.42. The highest BCUT2D eigenvalue weighted by Gasteiger charge is 2.38. The normalized spacial score (nSPS) is 15.2. The summed E-state index contributed by atoms with van der Waals surface area (Å²) in [6.07, 6.45) is 0. The maximum absolute atomic E-state index is 13.6. The fraction of sp³-hybridized carbons (Fsp3) is 0.111. The molecular formula is C18H11F4NO3. The standard InChI is InChI=1S/C18H11F4NO3/c1-8(24)23-14-7-10(19)3-4-11(14)15(18(23)25)17(26-2)9-5-12(20)16(22)13(21)6-9/h3-7H,1-2H3. The molecule has 0 radical (unpaired) electrons. The van der Waals surface area contributed by atoms with Crippen LogP contribution < -0.4 is 4.90 Å². The Bertz CT molecular complexity index is 961. The molecule has 2 aromatic rings. The molecule has 4 nitrogen and oxygen atoms in total. The summed E-state index contributed by atoms with van der Waals surface area (Å²) in [7, 11) is 1.15. The predicted molar refractivity (Wildman–Crippen MR) is 84.7 cm³/mol. The van der Waals surface area contributed by atoms with E-state index in [2.05, 4.69) is 0 Å². The first kappa shape index (κ1) is 17.7. The molecule has 1 aliphatic rings. The second-order valence-electron chi connectivity index (χ2n) is 5.48. The van der Waals surface area contributed by atoms with Crippen molar-refractivity contribution in [2.24, 2.45) is 0 Å². The molecule has 8 heteroatoms. The first-order valence-electron chi connectivity index (χ1n) is 7.34. The molecule has 26 heavy (non-hydrogen) atoms. The van der Waals surface area contributed by atoms with Crippen LogP contribution in [0, 0.1) is 23.3 Å². The maximum Gasteiger partial charge on any atom is 0.269 e. The van der Waals surface area contributed by atoms with E-state index in [-0.39, 0.29) is 28.1 Å². The second kappa shape index (κ2) is 6.29. The molecule has 2 amide bonds. The van der Waals surface area contributed by atoms with Crippen LogP contribution in [0.4, 0.5) is 23.2 Å². The number of methoxy groups -OCH3 is 1. The smallest absolute Gasteiger partial charge is 0.269 e. The second-order valence-corrected chi connectivity index (χ2v) is 5.48. The van der Waals surface area contributed by atoms with E-state index in [1.807, 2.05) is 0 Å². The number of fused-ring (bicyclic) bond motifs is 1. The van der Waals surface area contributed by atoms with Crippen molar-refractivity contribution in [3.8, 4) is 0 Å². The van der Waals surface area contributed by atoms with Gasteiger partial charge in [-0.2, -0.15) is 0 Å². The first-order valence-corrected chi connectivity index (χ1v) is 7.34. The number of ether oxygens (including phenoxy) is 1. The molecule has 0 saturated carbocycles. The van der Waals surface area contributed by atoms with E-state index in [0.29, 0.717) is 12.1 Å². The van der Waals surface area contributed by atoms with Gasteiger partial charge in [-0.15, -0.1) is 0 Å². The highest BCUT2D eigenvalue weighted by atomic mass is 19.2. The van der Waals surface area contributed by atoms with Gasteiger partial charge in [-0.3, -0.25) is 9.59 Å². The van der Waals surface area contributed by atoms with Crippen LogP contribution in [0.1, 0.15) is 18.1 Å². The lowest BCUT2D eigenvalue weighted by Gasteiger charge is -2.13. The number of hydrogen-bond donors (Lipinski definition) is 0. The number of imide groups is 1. The number of carbonyl (C=O) groups is 2. The Morgan fingerprint density at radius 1 is 1.04 bits per heavy atom. The van der Waals surface area contributed by atoms with Crippen molar-refractivity contribution in [3.63, 3.8) is 0 Å². The number of hydrogen-bond acceptors (Lipinski definition) is 3. The summed E-state index contributed by atoms with van der Waals surface area (Å²) in [4.78, 5) is 25.3. The van der Waals surface area contributed by atoms with Crippen molar-refractivity contribution in [1.82, 2.24) is 0 Å². The fourth-order valence-corrected chi connectivity index (χ4v) is 2.82. The number of halogens is 4. The molecule has 0 aromatic heterocycles. The molecule has 0 bridgehead atoms. The third kappa shape index (κ3) is 2.63. The van der Waals surface area contributed by atoms with E-state index in [1.54, 1.807) is 0 Å². The zero-order valence-corrected chi connectivity index (χ0v) is 13.6. The minimum absolute atomic E-state index is 0.0184. The number of carbonyl (C=O) groups excluding carboxylic acids is 2. The van der Waals surface area contributed by atoms with Crippen LogP contribution in [0.3, 0.4) is 0 Å². The van der Waals surface area contributed by atoms with Gasteiger partial charge in [0.15, 0.2) is 17.5 Å². The van der Waals surface area contributed by atoms with Crippen LogP contribution in [0.2, 0.25) is 0 Å². The minimum atomic E-state index is -1.67. The van der Waals surface area contributed by atoms with E-state index in [0.717, 1.165) is 31.1 Å². The van der Waals surface area contributed by atoms with Gasteiger partial charge in [-0.25, -0.2) is 22.5 Å². The Balaban J connectivity index is 2.32. The van der Waals surface area contributed by atoms with E-state index in [1.165, 1.54) is 6.07 Å². The lowest BCUT2D eigenvalue weighted by atomic mass is 10.0. The first-order chi connectivity index (χ1) is 12.3. The van der Waals surface area contributed by atoms with E-state index in [9.17, 15) is 27.2 Å². The number of amides is 2. The van der Waals surface area contributed by atoms with Crippen molar-refractivity contribution in [3.05, 3.63) is 64.7 Å². The quantitative estimate of drug-likeness (QED) is 0.353. The summed E-state index contributed by atoms with van der Waals surface area (Å²) in [5.41, 5.74) is -0.306. The summed E-state index contributed by atoms with van der Waals surface area (Å²) >= 11 is 0. The van der Waals surface area contributed by atoms with Crippen molar-refractivity contribution in [1.29, 1.82) is 0 Å². The van der Waals surface area contributed by atoms with Crippen LogP contribution >= 0.6 is 0 Å². The molecule has 0 unspecified atom stereocenters. The van der Waals surface area contributed by atoms with E-state index < -0.39 is 35.1 Å².